The molecule has 0 saturated heterocycles. The van der Waals surface area contributed by atoms with Crippen molar-refractivity contribution in [1.29, 1.82) is 0 Å². The van der Waals surface area contributed by atoms with Gasteiger partial charge < -0.3 is 35.7 Å². The Labute approximate surface area is 159 Å². The van der Waals surface area contributed by atoms with Gasteiger partial charge in [0.25, 0.3) is 0 Å². The van der Waals surface area contributed by atoms with Crippen LogP contribution in [0.2, 0.25) is 0 Å². The van der Waals surface area contributed by atoms with Gasteiger partial charge >= 0.3 is 0 Å². The van der Waals surface area contributed by atoms with E-state index in [0.29, 0.717) is 12.8 Å². The molecule has 0 unspecified atom stereocenters. The van der Waals surface area contributed by atoms with Crippen molar-refractivity contribution in [3.63, 3.8) is 0 Å². The van der Waals surface area contributed by atoms with Crippen LogP contribution >= 0.6 is 0 Å². The summed E-state index contributed by atoms with van der Waals surface area (Å²) < 4.78 is 0. The van der Waals surface area contributed by atoms with Gasteiger partial charge in [-0.05, 0) is 45.4 Å². The van der Waals surface area contributed by atoms with Gasteiger partial charge in [0.2, 0.25) is 0 Å². The number of hydrogen-bond donors (Lipinski definition) is 7. The van der Waals surface area contributed by atoms with E-state index in [1.165, 1.54) is 0 Å². The molecule has 156 valence electrons. The molecule has 1 spiro atoms. The first kappa shape index (κ1) is 20.0. The van der Waals surface area contributed by atoms with Crippen LogP contribution in [-0.2, 0) is 0 Å². The Hall–Kier alpha value is -0.280. The first-order valence-electron chi connectivity index (χ1n) is 10.1. The maximum Gasteiger partial charge on any atom is 0.110 e. The predicted molar refractivity (Wildman–Crippen MR) is 95.4 cm³/mol. The van der Waals surface area contributed by atoms with Crippen molar-refractivity contribution in [2.24, 2.45) is 28.6 Å². The maximum absolute atomic E-state index is 11.7. The molecule has 4 aliphatic rings. The monoisotopic (exact) mass is 386 g/mol. The van der Waals surface area contributed by atoms with E-state index in [9.17, 15) is 35.7 Å². The standard InChI is InChI=1S/C20H34O7/c1-16(2)12(21)7-11-18(4,26)10-6-5-9-13(22)19(10,8-17(9,3)25)14(23)15(24)20(11,16)27/h9-15,21-27H,5-8H2,1-4H3/t9-,10+,11+,12+,13-,14-,15+,17-,18-,19-,20+/m1/s1. The second kappa shape index (κ2) is 5.25. The Balaban J connectivity index is 1.95. The van der Waals surface area contributed by atoms with Crippen molar-refractivity contribution in [3.8, 4) is 0 Å². The van der Waals surface area contributed by atoms with Gasteiger partial charge in [-0.2, -0.15) is 0 Å². The van der Waals surface area contributed by atoms with Crippen molar-refractivity contribution >= 4 is 0 Å². The predicted octanol–water partition coefficient (Wildman–Crippen LogP) is -0.861. The van der Waals surface area contributed by atoms with Gasteiger partial charge in [-0.1, -0.05) is 13.8 Å². The summed E-state index contributed by atoms with van der Waals surface area (Å²) in [5.41, 5.74) is -7.21. The molecular formula is C20H34O7. The normalized spacial score (nSPS) is 64.8. The second-order valence-electron chi connectivity index (χ2n) is 10.8. The summed E-state index contributed by atoms with van der Waals surface area (Å²) in [6, 6.07) is 0. The topological polar surface area (TPSA) is 142 Å². The quantitative estimate of drug-likeness (QED) is 0.287. The Morgan fingerprint density at radius 3 is 1.93 bits per heavy atom. The molecule has 0 aromatic heterocycles. The SMILES string of the molecule is CC1(C)[C@@H](O)C[C@H]2[C@](C)(O)[C@@H]3CC[C@@H]4[C@@H](O)[C@]3(C[C@@]4(C)O)[C@H](O)[C@H](O)[C@@]21O. The lowest BCUT2D eigenvalue weighted by molar-refractivity contribution is -0.220. The second-order valence-corrected chi connectivity index (χ2v) is 10.8. The van der Waals surface area contributed by atoms with Crippen LogP contribution in [-0.4, -0.2) is 77.0 Å². The first-order valence-corrected chi connectivity index (χ1v) is 10.1. The van der Waals surface area contributed by atoms with Crippen LogP contribution in [0, 0.1) is 28.6 Å². The number of aliphatic hydroxyl groups is 7. The van der Waals surface area contributed by atoms with Crippen LogP contribution in [0.3, 0.4) is 0 Å². The van der Waals surface area contributed by atoms with E-state index in [0.717, 1.165) is 0 Å². The summed E-state index contributed by atoms with van der Waals surface area (Å²) in [6.45, 7) is 6.45. The number of hydrogen-bond acceptors (Lipinski definition) is 7. The van der Waals surface area contributed by atoms with E-state index in [4.69, 9.17) is 0 Å². The Morgan fingerprint density at radius 1 is 0.741 bits per heavy atom. The van der Waals surface area contributed by atoms with Crippen molar-refractivity contribution in [1.82, 2.24) is 0 Å². The third-order valence-corrected chi connectivity index (χ3v) is 9.38. The van der Waals surface area contributed by atoms with Gasteiger partial charge in [0.15, 0.2) is 0 Å². The minimum Gasteiger partial charge on any atom is -0.392 e. The van der Waals surface area contributed by atoms with Crippen LogP contribution in [0.1, 0.15) is 53.4 Å². The Bertz CT molecular complexity index is 646. The lowest BCUT2D eigenvalue weighted by Crippen LogP contribution is -2.63. The van der Waals surface area contributed by atoms with E-state index < -0.39 is 69.8 Å². The molecule has 7 N–H and O–H groups in total. The van der Waals surface area contributed by atoms with Crippen LogP contribution in [0.5, 0.6) is 0 Å². The zero-order chi connectivity index (χ0) is 20.4. The van der Waals surface area contributed by atoms with Crippen LogP contribution < -0.4 is 0 Å². The molecule has 0 aromatic rings. The first-order chi connectivity index (χ1) is 12.2. The smallest absolute Gasteiger partial charge is 0.110 e. The fourth-order valence-electron chi connectivity index (χ4n) is 7.77. The zero-order valence-corrected chi connectivity index (χ0v) is 16.5. The van der Waals surface area contributed by atoms with Gasteiger partial charge in [-0.25, -0.2) is 0 Å². The molecule has 4 aliphatic carbocycles. The van der Waals surface area contributed by atoms with E-state index in [1.54, 1.807) is 27.7 Å². The number of fused-ring (bicyclic) bond motifs is 2. The molecule has 4 fully saturated rings. The van der Waals surface area contributed by atoms with E-state index in [-0.39, 0.29) is 12.8 Å². The highest BCUT2D eigenvalue weighted by Gasteiger charge is 2.79. The van der Waals surface area contributed by atoms with Gasteiger partial charge in [-0.3, -0.25) is 0 Å². The van der Waals surface area contributed by atoms with Crippen molar-refractivity contribution in [3.05, 3.63) is 0 Å². The molecule has 4 saturated carbocycles. The van der Waals surface area contributed by atoms with E-state index in [2.05, 4.69) is 0 Å². The molecular weight excluding hydrogens is 352 g/mol. The van der Waals surface area contributed by atoms with Crippen molar-refractivity contribution in [2.75, 3.05) is 0 Å². The maximum atomic E-state index is 11.7. The van der Waals surface area contributed by atoms with Gasteiger partial charge in [0.1, 0.15) is 11.7 Å². The summed E-state index contributed by atoms with van der Waals surface area (Å²) in [4.78, 5) is 0. The molecule has 4 rings (SSSR count). The van der Waals surface area contributed by atoms with Crippen LogP contribution in [0.4, 0.5) is 0 Å². The molecule has 27 heavy (non-hydrogen) atoms. The summed E-state index contributed by atoms with van der Waals surface area (Å²) in [6.07, 6.45) is -4.21. The third kappa shape index (κ3) is 1.97. The number of aliphatic hydroxyl groups excluding tert-OH is 4. The minimum atomic E-state index is -1.94. The highest BCUT2D eigenvalue weighted by Crippen LogP contribution is 2.69. The highest BCUT2D eigenvalue weighted by atomic mass is 16.4. The average Bonchev–Trinajstić information content (AvgIpc) is 2.79. The molecule has 0 heterocycles. The van der Waals surface area contributed by atoms with Crippen molar-refractivity contribution in [2.45, 2.75) is 94.6 Å². The lowest BCUT2D eigenvalue weighted by atomic mass is 9.56. The van der Waals surface area contributed by atoms with Gasteiger partial charge in [0, 0.05) is 22.7 Å². The van der Waals surface area contributed by atoms with Crippen molar-refractivity contribution < 1.29 is 35.7 Å². The van der Waals surface area contributed by atoms with Crippen LogP contribution in [0.15, 0.2) is 0 Å². The summed E-state index contributed by atoms with van der Waals surface area (Å²) in [7, 11) is 0. The summed E-state index contributed by atoms with van der Waals surface area (Å²) >= 11 is 0. The molecule has 2 bridgehead atoms. The van der Waals surface area contributed by atoms with Gasteiger partial charge in [0.05, 0.1) is 29.5 Å². The minimum absolute atomic E-state index is 0.0384. The lowest BCUT2D eigenvalue weighted by Gasteiger charge is -2.52. The number of rotatable bonds is 0. The molecule has 0 amide bonds. The Morgan fingerprint density at radius 2 is 1.33 bits per heavy atom. The third-order valence-electron chi connectivity index (χ3n) is 9.38. The summed E-state index contributed by atoms with van der Waals surface area (Å²) in [5, 5.41) is 78.5. The molecule has 7 heteroatoms. The van der Waals surface area contributed by atoms with E-state index >= 15 is 0 Å². The molecule has 0 aromatic carbocycles. The van der Waals surface area contributed by atoms with E-state index in [1.807, 2.05) is 0 Å². The molecule has 7 nitrogen and oxygen atoms in total. The van der Waals surface area contributed by atoms with Gasteiger partial charge in [-0.15, -0.1) is 0 Å². The molecule has 11 atom stereocenters. The fourth-order valence-corrected chi connectivity index (χ4v) is 7.77. The molecule has 0 aliphatic heterocycles. The average molecular weight is 386 g/mol. The Kier molecular flexibility index (Phi) is 3.89. The largest absolute Gasteiger partial charge is 0.392 e. The summed E-state index contributed by atoms with van der Waals surface area (Å²) in [5.74, 6) is -1.97. The fraction of sp³-hybridized carbons (Fsp3) is 1.00. The zero-order valence-electron chi connectivity index (χ0n) is 16.5. The van der Waals surface area contributed by atoms with Crippen LogP contribution in [0.25, 0.3) is 0 Å². The highest BCUT2D eigenvalue weighted by molar-refractivity contribution is 5.28. The molecule has 0 radical (unpaired) electrons.